The van der Waals surface area contributed by atoms with Crippen LogP contribution in [0, 0.1) is 31.1 Å². The van der Waals surface area contributed by atoms with Crippen molar-refractivity contribution in [1.29, 1.82) is 5.26 Å². The summed E-state index contributed by atoms with van der Waals surface area (Å²) in [6.07, 6.45) is 6.26. The Morgan fingerprint density at radius 3 is 2.75 bits per heavy atom. The number of rotatable bonds is 3. The van der Waals surface area contributed by atoms with Gasteiger partial charge in [0.15, 0.2) is 5.82 Å². The van der Waals surface area contributed by atoms with Crippen LogP contribution in [-0.4, -0.2) is 23.3 Å². The summed E-state index contributed by atoms with van der Waals surface area (Å²) < 4.78 is 0. The van der Waals surface area contributed by atoms with Gasteiger partial charge in [0.25, 0.3) is 0 Å². The summed E-state index contributed by atoms with van der Waals surface area (Å²) in [5.74, 6) is 1.61. The molecule has 1 aromatic rings. The highest BCUT2D eigenvalue weighted by atomic mass is 15.3. The minimum absolute atomic E-state index is 0.700. The Bertz CT molecular complexity index is 504. The Morgan fingerprint density at radius 1 is 1.25 bits per heavy atom. The molecule has 0 aromatic carbocycles. The lowest BCUT2D eigenvalue weighted by Gasteiger charge is -2.23. The van der Waals surface area contributed by atoms with Crippen LogP contribution in [0.3, 0.4) is 0 Å². The second-order valence-electron chi connectivity index (χ2n) is 5.79. The molecule has 1 atom stereocenters. The highest BCUT2D eigenvalue weighted by molar-refractivity contribution is 5.57. The molecule has 1 aliphatic rings. The number of aromatic nitrogens is 2. The average molecular weight is 272 g/mol. The van der Waals surface area contributed by atoms with E-state index in [1.165, 1.54) is 32.1 Å². The summed E-state index contributed by atoms with van der Waals surface area (Å²) in [5.41, 5.74) is 2.52. The quantitative estimate of drug-likeness (QED) is 0.846. The van der Waals surface area contributed by atoms with Crippen molar-refractivity contribution in [3.63, 3.8) is 0 Å². The maximum absolute atomic E-state index is 9.42. The van der Waals surface area contributed by atoms with E-state index in [-0.39, 0.29) is 0 Å². The second-order valence-corrected chi connectivity index (χ2v) is 5.79. The molecular weight excluding hydrogens is 248 g/mol. The average Bonchev–Trinajstić information content (AvgIpc) is 2.68. The van der Waals surface area contributed by atoms with Crippen LogP contribution in [0.25, 0.3) is 0 Å². The largest absolute Gasteiger partial charge is 0.354 e. The number of nitriles is 1. The molecule has 0 spiro atoms. The topological polar surface area (TPSA) is 52.8 Å². The van der Waals surface area contributed by atoms with Crippen molar-refractivity contribution in [2.24, 2.45) is 5.92 Å². The van der Waals surface area contributed by atoms with Crippen LogP contribution in [0.2, 0.25) is 0 Å². The summed E-state index contributed by atoms with van der Waals surface area (Å²) in [6, 6.07) is 2.31. The molecule has 0 amide bonds. The van der Waals surface area contributed by atoms with Gasteiger partial charge < -0.3 is 4.90 Å². The summed E-state index contributed by atoms with van der Waals surface area (Å²) in [7, 11) is 0. The molecule has 0 N–H and O–H groups in total. The fourth-order valence-corrected chi connectivity index (χ4v) is 3.03. The molecule has 0 bridgehead atoms. The zero-order valence-electron chi connectivity index (χ0n) is 12.8. The lowest BCUT2D eigenvalue weighted by Crippen LogP contribution is -2.27. The predicted molar refractivity (Wildman–Crippen MR) is 80.7 cm³/mol. The Balaban J connectivity index is 2.20. The summed E-state index contributed by atoms with van der Waals surface area (Å²) in [6.45, 7) is 8.12. The molecule has 4 heteroatoms. The van der Waals surface area contributed by atoms with Crippen molar-refractivity contribution in [2.75, 3.05) is 18.0 Å². The fraction of sp³-hybridized carbons (Fsp3) is 0.688. The van der Waals surface area contributed by atoms with Crippen molar-refractivity contribution in [3.8, 4) is 6.07 Å². The van der Waals surface area contributed by atoms with Crippen molar-refractivity contribution < 1.29 is 0 Å². The number of aryl methyl sites for hydroxylation is 1. The molecule has 1 saturated heterocycles. The third kappa shape index (κ3) is 3.09. The van der Waals surface area contributed by atoms with Crippen molar-refractivity contribution in [2.45, 2.75) is 52.9 Å². The van der Waals surface area contributed by atoms with Crippen molar-refractivity contribution in [3.05, 3.63) is 16.8 Å². The van der Waals surface area contributed by atoms with Gasteiger partial charge in [-0.1, -0.05) is 19.8 Å². The van der Waals surface area contributed by atoms with Crippen LogP contribution in [-0.2, 0) is 0 Å². The zero-order valence-corrected chi connectivity index (χ0v) is 12.8. The van der Waals surface area contributed by atoms with Crippen molar-refractivity contribution >= 4 is 5.82 Å². The SMILES string of the molecule is CCC[C@H]1CCCN(c2nnc(C)c(C)c2C#N)CC1. The molecule has 108 valence electrons. The summed E-state index contributed by atoms with van der Waals surface area (Å²) >= 11 is 0. The number of nitrogens with zero attached hydrogens (tertiary/aromatic N) is 4. The van der Waals surface area contributed by atoms with Gasteiger partial charge in [-0.3, -0.25) is 0 Å². The van der Waals surface area contributed by atoms with Gasteiger partial charge in [-0.05, 0) is 44.6 Å². The summed E-state index contributed by atoms with van der Waals surface area (Å²) in [4.78, 5) is 2.26. The molecule has 1 aliphatic heterocycles. The van der Waals surface area contributed by atoms with E-state index in [0.29, 0.717) is 5.56 Å². The third-order valence-corrected chi connectivity index (χ3v) is 4.39. The first kappa shape index (κ1) is 14.8. The Kier molecular flexibility index (Phi) is 4.94. The highest BCUT2D eigenvalue weighted by Gasteiger charge is 2.21. The number of anilines is 1. The van der Waals surface area contributed by atoms with Gasteiger partial charge in [-0.15, -0.1) is 5.10 Å². The maximum Gasteiger partial charge on any atom is 0.169 e. The molecule has 0 radical (unpaired) electrons. The van der Waals surface area contributed by atoms with E-state index in [9.17, 15) is 5.26 Å². The van der Waals surface area contributed by atoms with E-state index >= 15 is 0 Å². The van der Waals surface area contributed by atoms with Crippen LogP contribution in [0.1, 0.15) is 55.8 Å². The van der Waals surface area contributed by atoms with Gasteiger partial charge in [0.05, 0.1) is 5.69 Å². The van der Waals surface area contributed by atoms with E-state index < -0.39 is 0 Å². The van der Waals surface area contributed by atoms with Gasteiger partial charge in [-0.2, -0.15) is 10.4 Å². The molecule has 0 aliphatic carbocycles. The van der Waals surface area contributed by atoms with Crippen LogP contribution < -0.4 is 4.90 Å². The number of hydrogen-bond acceptors (Lipinski definition) is 4. The second kappa shape index (κ2) is 6.69. The van der Waals surface area contributed by atoms with E-state index in [1.54, 1.807) is 0 Å². The minimum Gasteiger partial charge on any atom is -0.354 e. The molecule has 1 fully saturated rings. The Labute approximate surface area is 121 Å². The molecule has 0 unspecified atom stereocenters. The minimum atomic E-state index is 0.700. The predicted octanol–water partition coefficient (Wildman–Crippen LogP) is 3.37. The monoisotopic (exact) mass is 272 g/mol. The van der Waals surface area contributed by atoms with E-state index in [1.807, 2.05) is 13.8 Å². The van der Waals surface area contributed by atoms with Crippen LogP contribution in [0.4, 0.5) is 5.82 Å². The Hall–Kier alpha value is -1.63. The van der Waals surface area contributed by atoms with Gasteiger partial charge >= 0.3 is 0 Å². The van der Waals surface area contributed by atoms with Crippen LogP contribution >= 0.6 is 0 Å². The first-order valence-corrected chi connectivity index (χ1v) is 7.66. The van der Waals surface area contributed by atoms with Gasteiger partial charge in [0, 0.05) is 13.1 Å². The lowest BCUT2D eigenvalue weighted by atomic mass is 9.96. The lowest BCUT2D eigenvalue weighted by molar-refractivity contribution is 0.435. The fourth-order valence-electron chi connectivity index (χ4n) is 3.03. The normalized spacial score (nSPS) is 19.5. The molecular formula is C16H24N4. The van der Waals surface area contributed by atoms with Gasteiger partial charge in [0.1, 0.15) is 11.6 Å². The van der Waals surface area contributed by atoms with E-state index in [0.717, 1.165) is 36.1 Å². The zero-order chi connectivity index (χ0) is 14.5. The first-order chi connectivity index (χ1) is 9.67. The molecule has 4 nitrogen and oxygen atoms in total. The number of hydrogen-bond donors (Lipinski definition) is 0. The van der Waals surface area contributed by atoms with Gasteiger partial charge in [-0.25, -0.2) is 0 Å². The highest BCUT2D eigenvalue weighted by Crippen LogP contribution is 2.27. The van der Waals surface area contributed by atoms with Crippen LogP contribution in [0.5, 0.6) is 0 Å². The van der Waals surface area contributed by atoms with Crippen LogP contribution in [0.15, 0.2) is 0 Å². The molecule has 2 heterocycles. The standard InChI is InChI=1S/C16H24N4/c1-4-6-14-7-5-9-20(10-8-14)16-15(11-17)12(2)13(3)18-19-16/h14H,4-10H2,1-3H3/t14-/m0/s1. The molecule has 20 heavy (non-hydrogen) atoms. The summed E-state index contributed by atoms with van der Waals surface area (Å²) in [5, 5.41) is 17.9. The molecule has 0 saturated carbocycles. The Morgan fingerprint density at radius 2 is 2.05 bits per heavy atom. The van der Waals surface area contributed by atoms with E-state index in [2.05, 4.69) is 28.1 Å². The van der Waals surface area contributed by atoms with Gasteiger partial charge in [0.2, 0.25) is 0 Å². The maximum atomic E-state index is 9.42. The van der Waals surface area contributed by atoms with Crippen molar-refractivity contribution in [1.82, 2.24) is 10.2 Å². The van der Waals surface area contributed by atoms with E-state index in [4.69, 9.17) is 0 Å². The molecule has 1 aromatic heterocycles. The molecule has 2 rings (SSSR count). The third-order valence-electron chi connectivity index (χ3n) is 4.39. The first-order valence-electron chi connectivity index (χ1n) is 7.66. The smallest absolute Gasteiger partial charge is 0.169 e.